The first-order chi connectivity index (χ1) is 11.1. The van der Waals surface area contributed by atoms with Crippen molar-refractivity contribution in [2.75, 3.05) is 20.1 Å². The summed E-state index contributed by atoms with van der Waals surface area (Å²) >= 11 is 0. The van der Waals surface area contributed by atoms with Crippen LogP contribution in [0.25, 0.3) is 11.4 Å². The maximum atomic E-state index is 4.43. The Bertz CT molecular complexity index is 674. The van der Waals surface area contributed by atoms with E-state index in [4.69, 9.17) is 0 Å². The molecule has 0 amide bonds. The van der Waals surface area contributed by atoms with E-state index < -0.39 is 0 Å². The highest BCUT2D eigenvalue weighted by atomic mass is 15.3. The predicted octanol–water partition coefficient (Wildman–Crippen LogP) is 2.28. The Morgan fingerprint density at radius 3 is 2.96 bits per heavy atom. The fraction of sp³-hybridized carbons (Fsp3) is 0.471. The van der Waals surface area contributed by atoms with Crippen molar-refractivity contribution in [3.8, 4) is 11.4 Å². The standard InChI is InChI=1S/C17H24N6/c1-17(2)7-8-23(11-17)16(18-3)19-10-13-5-4-6-14(9-13)15-20-12-21-22-15/h4-6,9,12H,7-8,10-11H2,1-3H3,(H,18,19)(H,20,21,22). The molecule has 0 atom stereocenters. The number of guanidine groups is 1. The van der Waals surface area contributed by atoms with Gasteiger partial charge >= 0.3 is 0 Å². The highest BCUT2D eigenvalue weighted by Crippen LogP contribution is 2.28. The molecule has 1 aromatic heterocycles. The number of benzene rings is 1. The lowest BCUT2D eigenvalue weighted by molar-refractivity contribution is 0.370. The van der Waals surface area contributed by atoms with E-state index in [0.717, 1.165) is 37.0 Å². The summed E-state index contributed by atoms with van der Waals surface area (Å²) in [6.45, 7) is 7.46. The molecule has 1 aliphatic heterocycles. The van der Waals surface area contributed by atoms with Crippen LogP contribution in [-0.2, 0) is 6.54 Å². The van der Waals surface area contributed by atoms with Gasteiger partial charge in [0.2, 0.25) is 0 Å². The van der Waals surface area contributed by atoms with E-state index in [-0.39, 0.29) is 0 Å². The summed E-state index contributed by atoms with van der Waals surface area (Å²) in [5.74, 6) is 1.76. The molecule has 0 aliphatic carbocycles. The van der Waals surface area contributed by atoms with Crippen molar-refractivity contribution in [2.24, 2.45) is 10.4 Å². The lowest BCUT2D eigenvalue weighted by Gasteiger charge is -2.23. The van der Waals surface area contributed by atoms with E-state index >= 15 is 0 Å². The molecule has 3 rings (SSSR count). The van der Waals surface area contributed by atoms with E-state index in [1.54, 1.807) is 0 Å². The van der Waals surface area contributed by atoms with E-state index in [1.807, 2.05) is 19.2 Å². The molecule has 1 fully saturated rings. The van der Waals surface area contributed by atoms with Gasteiger partial charge in [-0.15, -0.1) is 0 Å². The minimum Gasteiger partial charge on any atom is -0.352 e. The van der Waals surface area contributed by atoms with Crippen LogP contribution in [0.1, 0.15) is 25.8 Å². The van der Waals surface area contributed by atoms with Gasteiger partial charge < -0.3 is 10.2 Å². The molecule has 2 aromatic rings. The molecule has 6 heteroatoms. The summed E-state index contributed by atoms with van der Waals surface area (Å²) in [4.78, 5) is 11.0. The van der Waals surface area contributed by atoms with Gasteiger partial charge in [0.05, 0.1) is 0 Å². The minimum absolute atomic E-state index is 0.365. The Hall–Kier alpha value is -2.37. The number of likely N-dealkylation sites (tertiary alicyclic amines) is 1. The Balaban J connectivity index is 1.65. The second kappa shape index (κ2) is 6.40. The van der Waals surface area contributed by atoms with Crippen molar-refractivity contribution in [3.63, 3.8) is 0 Å². The monoisotopic (exact) mass is 312 g/mol. The summed E-state index contributed by atoms with van der Waals surface area (Å²) in [7, 11) is 1.85. The van der Waals surface area contributed by atoms with Crippen LogP contribution < -0.4 is 5.32 Å². The summed E-state index contributed by atoms with van der Waals surface area (Å²) in [5, 5.41) is 10.3. The van der Waals surface area contributed by atoms with Gasteiger partial charge in [-0.2, -0.15) is 5.10 Å². The molecule has 6 nitrogen and oxygen atoms in total. The zero-order valence-corrected chi connectivity index (χ0v) is 14.0. The van der Waals surface area contributed by atoms with Gasteiger partial charge in [0.1, 0.15) is 6.33 Å². The fourth-order valence-electron chi connectivity index (χ4n) is 2.98. The molecule has 0 saturated carbocycles. The van der Waals surface area contributed by atoms with Gasteiger partial charge in [-0.1, -0.05) is 32.0 Å². The van der Waals surface area contributed by atoms with Crippen molar-refractivity contribution in [2.45, 2.75) is 26.8 Å². The summed E-state index contributed by atoms with van der Waals surface area (Å²) in [5.41, 5.74) is 2.60. The molecule has 23 heavy (non-hydrogen) atoms. The number of H-pyrrole nitrogens is 1. The Labute approximate surface area is 137 Å². The second-order valence-corrected chi connectivity index (χ2v) is 6.77. The molecular formula is C17H24N6. The van der Waals surface area contributed by atoms with Crippen LogP contribution in [0.15, 0.2) is 35.6 Å². The van der Waals surface area contributed by atoms with E-state index in [9.17, 15) is 0 Å². The first kappa shape index (κ1) is 15.5. The average Bonchev–Trinajstić information content (AvgIpc) is 3.18. The van der Waals surface area contributed by atoms with E-state index in [0.29, 0.717) is 5.41 Å². The molecule has 0 unspecified atom stereocenters. The van der Waals surface area contributed by atoms with Crippen LogP contribution in [0.4, 0.5) is 0 Å². The van der Waals surface area contributed by atoms with Crippen LogP contribution in [0.5, 0.6) is 0 Å². The lowest BCUT2D eigenvalue weighted by Crippen LogP contribution is -2.40. The third-order valence-corrected chi connectivity index (χ3v) is 4.25. The topological polar surface area (TPSA) is 69.2 Å². The SMILES string of the molecule is CN=C(NCc1cccc(-c2ncn[nH]2)c1)N1CCC(C)(C)C1. The zero-order chi connectivity index (χ0) is 16.3. The number of aromatic amines is 1. The van der Waals surface area contributed by atoms with Crippen LogP contribution in [0.3, 0.4) is 0 Å². The van der Waals surface area contributed by atoms with Crippen LogP contribution in [0, 0.1) is 5.41 Å². The molecule has 0 bridgehead atoms. The number of aliphatic imine (C=N–C) groups is 1. The smallest absolute Gasteiger partial charge is 0.193 e. The largest absolute Gasteiger partial charge is 0.352 e. The van der Waals surface area contributed by atoms with Gasteiger partial charge in [-0.25, -0.2) is 4.98 Å². The van der Waals surface area contributed by atoms with Crippen LogP contribution >= 0.6 is 0 Å². The first-order valence-electron chi connectivity index (χ1n) is 7.98. The number of rotatable bonds is 3. The molecular weight excluding hydrogens is 288 g/mol. The quantitative estimate of drug-likeness (QED) is 0.674. The summed E-state index contributed by atoms with van der Waals surface area (Å²) in [6, 6.07) is 8.29. The molecule has 122 valence electrons. The summed E-state index contributed by atoms with van der Waals surface area (Å²) < 4.78 is 0. The molecule has 1 aliphatic rings. The van der Waals surface area contributed by atoms with Crippen LogP contribution in [0.2, 0.25) is 0 Å². The third-order valence-electron chi connectivity index (χ3n) is 4.25. The number of nitrogens with one attached hydrogen (secondary N) is 2. The normalized spacial score (nSPS) is 17.5. The Morgan fingerprint density at radius 1 is 1.43 bits per heavy atom. The van der Waals surface area contributed by atoms with Crippen molar-refractivity contribution in [3.05, 3.63) is 36.2 Å². The molecule has 2 heterocycles. The second-order valence-electron chi connectivity index (χ2n) is 6.77. The van der Waals surface area contributed by atoms with Crippen LogP contribution in [-0.4, -0.2) is 46.2 Å². The predicted molar refractivity (Wildman–Crippen MR) is 92.0 cm³/mol. The van der Waals surface area contributed by atoms with Gasteiger partial charge in [-0.05, 0) is 23.5 Å². The number of hydrogen-bond acceptors (Lipinski definition) is 3. The number of hydrogen-bond donors (Lipinski definition) is 2. The van der Waals surface area contributed by atoms with Crippen molar-refractivity contribution >= 4 is 5.96 Å². The van der Waals surface area contributed by atoms with Crippen molar-refractivity contribution < 1.29 is 0 Å². The highest BCUT2D eigenvalue weighted by Gasteiger charge is 2.30. The molecule has 0 spiro atoms. The number of aromatic nitrogens is 3. The lowest BCUT2D eigenvalue weighted by atomic mass is 9.93. The summed E-state index contributed by atoms with van der Waals surface area (Å²) in [6.07, 6.45) is 2.73. The molecule has 1 aromatic carbocycles. The van der Waals surface area contributed by atoms with Gasteiger partial charge in [0.15, 0.2) is 11.8 Å². The van der Waals surface area contributed by atoms with E-state index in [2.05, 4.69) is 56.4 Å². The maximum Gasteiger partial charge on any atom is 0.193 e. The maximum absolute atomic E-state index is 4.43. The molecule has 0 radical (unpaired) electrons. The van der Waals surface area contributed by atoms with Crippen molar-refractivity contribution in [1.82, 2.24) is 25.4 Å². The third kappa shape index (κ3) is 3.70. The Kier molecular flexibility index (Phi) is 4.32. The van der Waals surface area contributed by atoms with Gasteiger partial charge in [-0.3, -0.25) is 10.1 Å². The minimum atomic E-state index is 0.365. The molecule has 2 N–H and O–H groups in total. The van der Waals surface area contributed by atoms with Crippen molar-refractivity contribution in [1.29, 1.82) is 0 Å². The highest BCUT2D eigenvalue weighted by molar-refractivity contribution is 5.80. The van der Waals surface area contributed by atoms with Gasteiger partial charge in [0.25, 0.3) is 0 Å². The van der Waals surface area contributed by atoms with Gasteiger partial charge in [0, 0.05) is 32.2 Å². The van der Waals surface area contributed by atoms with E-state index in [1.165, 1.54) is 18.3 Å². The first-order valence-corrected chi connectivity index (χ1v) is 7.98. The Morgan fingerprint density at radius 2 is 2.30 bits per heavy atom. The molecule has 1 saturated heterocycles. The zero-order valence-electron chi connectivity index (χ0n) is 14.0. The average molecular weight is 312 g/mol. The number of nitrogens with zero attached hydrogens (tertiary/aromatic N) is 4. The fourth-order valence-corrected chi connectivity index (χ4v) is 2.98.